The van der Waals surface area contributed by atoms with Crippen LogP contribution in [0.4, 0.5) is 0 Å². The normalized spacial score (nSPS) is 13.2. The number of aryl methyl sites for hydroxylation is 1. The molecule has 2 nitrogen and oxygen atoms in total. The van der Waals surface area contributed by atoms with Gasteiger partial charge >= 0.3 is 0 Å². The first-order valence-corrected chi connectivity index (χ1v) is 25.3. The molecule has 322 valence electrons. The van der Waals surface area contributed by atoms with E-state index in [1.807, 2.05) is 0 Å². The molecule has 0 fully saturated rings. The first-order valence-electron chi connectivity index (χ1n) is 25.3. The number of hydrogen-bond donors (Lipinski definition) is 0. The van der Waals surface area contributed by atoms with Crippen LogP contribution in [-0.2, 0) is 18.4 Å². The lowest BCUT2D eigenvalue weighted by Gasteiger charge is -2.39. The third-order valence-electron chi connectivity index (χ3n) is 13.3. The molecule has 2 unspecified atom stereocenters. The van der Waals surface area contributed by atoms with E-state index in [-0.39, 0.29) is 5.41 Å². The Bertz CT molecular complexity index is 1280. The molecular formula is C55H92N2. The van der Waals surface area contributed by atoms with Crippen molar-refractivity contribution < 1.29 is 0 Å². The number of unbranched alkanes of at least 4 members (excludes halogenated alkanes) is 30. The van der Waals surface area contributed by atoms with Crippen molar-refractivity contribution in [1.82, 2.24) is 9.55 Å². The minimum absolute atomic E-state index is 0.0319. The summed E-state index contributed by atoms with van der Waals surface area (Å²) in [7, 11) is 0. The van der Waals surface area contributed by atoms with Crippen molar-refractivity contribution in [3.63, 3.8) is 0 Å². The van der Waals surface area contributed by atoms with E-state index >= 15 is 0 Å². The largest absolute Gasteiger partial charge is 0.335 e. The van der Waals surface area contributed by atoms with Crippen molar-refractivity contribution in [3.8, 4) is 0 Å². The minimum Gasteiger partial charge on any atom is -0.335 e. The maximum absolute atomic E-state index is 5.20. The van der Waals surface area contributed by atoms with E-state index in [4.69, 9.17) is 4.98 Å². The van der Waals surface area contributed by atoms with Gasteiger partial charge in [0.05, 0.1) is 0 Å². The van der Waals surface area contributed by atoms with Crippen molar-refractivity contribution in [2.75, 3.05) is 0 Å². The van der Waals surface area contributed by atoms with Crippen LogP contribution in [0.3, 0.4) is 0 Å². The second-order valence-corrected chi connectivity index (χ2v) is 18.4. The summed E-state index contributed by atoms with van der Waals surface area (Å²) in [6.07, 6.45) is 51.9. The monoisotopic (exact) mass is 781 g/mol. The van der Waals surface area contributed by atoms with E-state index in [9.17, 15) is 0 Å². The zero-order valence-corrected chi connectivity index (χ0v) is 38.1. The van der Waals surface area contributed by atoms with E-state index in [1.54, 1.807) is 0 Å². The average molecular weight is 781 g/mol. The van der Waals surface area contributed by atoms with Gasteiger partial charge in [-0.05, 0) is 30.4 Å². The highest BCUT2D eigenvalue weighted by Crippen LogP contribution is 2.44. The third-order valence-corrected chi connectivity index (χ3v) is 13.3. The Morgan fingerprint density at radius 1 is 0.456 bits per heavy atom. The molecule has 0 bridgehead atoms. The van der Waals surface area contributed by atoms with E-state index in [1.165, 1.54) is 229 Å². The van der Waals surface area contributed by atoms with E-state index in [0.29, 0.717) is 5.92 Å². The number of nitrogens with zero attached hydrogens (tertiary/aromatic N) is 2. The summed E-state index contributed by atoms with van der Waals surface area (Å²) >= 11 is 0. The second-order valence-electron chi connectivity index (χ2n) is 18.4. The minimum atomic E-state index is -0.0319. The predicted molar refractivity (Wildman–Crippen MR) is 253 cm³/mol. The fourth-order valence-corrected chi connectivity index (χ4v) is 9.54. The molecule has 0 saturated carbocycles. The number of benzene rings is 2. The molecule has 0 saturated heterocycles. The summed E-state index contributed by atoms with van der Waals surface area (Å²) in [5.74, 6) is 1.70. The first kappa shape index (κ1) is 49.0. The Morgan fingerprint density at radius 3 is 1.25 bits per heavy atom. The molecule has 1 aromatic heterocycles. The van der Waals surface area contributed by atoms with Crippen LogP contribution >= 0.6 is 0 Å². The van der Waals surface area contributed by atoms with Crippen molar-refractivity contribution in [3.05, 3.63) is 90.0 Å². The SMILES string of the molecule is CCCCCCCCCCCCCCCCCCC(c1nccn1CCCCCCCCCCCCCCCCCC)C(C)(Cc1ccccc1)c1ccccc1. The summed E-state index contributed by atoms with van der Waals surface area (Å²) in [5, 5.41) is 0. The zero-order valence-electron chi connectivity index (χ0n) is 38.1. The smallest absolute Gasteiger partial charge is 0.112 e. The summed E-state index contributed by atoms with van der Waals surface area (Å²) < 4.78 is 2.55. The maximum Gasteiger partial charge on any atom is 0.112 e. The molecule has 0 aliphatic carbocycles. The topological polar surface area (TPSA) is 17.8 Å². The molecule has 0 aliphatic rings. The summed E-state index contributed by atoms with van der Waals surface area (Å²) in [6.45, 7) is 8.26. The van der Waals surface area contributed by atoms with Gasteiger partial charge in [-0.15, -0.1) is 0 Å². The van der Waals surface area contributed by atoms with Gasteiger partial charge in [0.15, 0.2) is 0 Å². The lowest BCUT2D eigenvalue weighted by molar-refractivity contribution is 0.321. The average Bonchev–Trinajstić information content (AvgIpc) is 3.70. The maximum atomic E-state index is 5.20. The highest BCUT2D eigenvalue weighted by atomic mass is 15.1. The van der Waals surface area contributed by atoms with Crippen LogP contribution < -0.4 is 0 Å². The number of imidazole rings is 1. The van der Waals surface area contributed by atoms with Gasteiger partial charge < -0.3 is 4.57 Å². The van der Waals surface area contributed by atoms with Crippen molar-refractivity contribution in [2.45, 2.75) is 257 Å². The number of hydrogen-bond acceptors (Lipinski definition) is 1. The Morgan fingerprint density at radius 2 is 0.825 bits per heavy atom. The molecule has 57 heavy (non-hydrogen) atoms. The molecule has 0 spiro atoms. The molecule has 1 heterocycles. The summed E-state index contributed by atoms with van der Waals surface area (Å²) in [4.78, 5) is 5.20. The van der Waals surface area contributed by atoms with Crippen LogP contribution in [0.1, 0.15) is 256 Å². The third kappa shape index (κ3) is 22.0. The van der Waals surface area contributed by atoms with Crippen LogP contribution in [0.2, 0.25) is 0 Å². The first-order chi connectivity index (χ1) is 28.2. The van der Waals surface area contributed by atoms with Crippen LogP contribution in [0, 0.1) is 0 Å². The molecule has 2 aromatic carbocycles. The fraction of sp³-hybridized carbons (Fsp3) is 0.727. The van der Waals surface area contributed by atoms with Crippen molar-refractivity contribution in [2.24, 2.45) is 0 Å². The van der Waals surface area contributed by atoms with Crippen LogP contribution in [0.25, 0.3) is 0 Å². The molecule has 3 aromatic rings. The van der Waals surface area contributed by atoms with E-state index in [0.717, 1.165) is 13.0 Å². The van der Waals surface area contributed by atoms with Crippen molar-refractivity contribution >= 4 is 0 Å². The van der Waals surface area contributed by atoms with Gasteiger partial charge in [-0.1, -0.05) is 280 Å². The number of aromatic nitrogens is 2. The fourth-order valence-electron chi connectivity index (χ4n) is 9.54. The molecular weight excluding hydrogens is 689 g/mol. The predicted octanol–water partition coefficient (Wildman–Crippen LogP) is 18.1. The Kier molecular flexibility index (Phi) is 28.8. The Labute approximate surface area is 355 Å². The lowest BCUT2D eigenvalue weighted by atomic mass is 9.66. The van der Waals surface area contributed by atoms with Crippen LogP contribution in [0.5, 0.6) is 0 Å². The highest BCUT2D eigenvalue weighted by molar-refractivity contribution is 5.33. The highest BCUT2D eigenvalue weighted by Gasteiger charge is 2.39. The zero-order chi connectivity index (χ0) is 40.3. The van der Waals surface area contributed by atoms with Gasteiger partial charge in [0.25, 0.3) is 0 Å². The van der Waals surface area contributed by atoms with Crippen LogP contribution in [-0.4, -0.2) is 9.55 Å². The molecule has 3 rings (SSSR count). The van der Waals surface area contributed by atoms with E-state index < -0.39 is 0 Å². The van der Waals surface area contributed by atoms with Gasteiger partial charge in [0.1, 0.15) is 5.82 Å². The Hall–Kier alpha value is -2.35. The summed E-state index contributed by atoms with van der Waals surface area (Å²) in [5.41, 5.74) is 2.85. The number of rotatable bonds is 39. The molecule has 0 aliphatic heterocycles. The van der Waals surface area contributed by atoms with E-state index in [2.05, 4.69) is 98.4 Å². The second kappa shape index (κ2) is 33.5. The van der Waals surface area contributed by atoms with Gasteiger partial charge in [-0.3, -0.25) is 0 Å². The van der Waals surface area contributed by atoms with Gasteiger partial charge in [0.2, 0.25) is 0 Å². The molecule has 0 radical (unpaired) electrons. The molecule has 2 heteroatoms. The Balaban J connectivity index is 1.44. The standard InChI is InChI=1S/C55H92N2/c1-4-6-8-10-12-14-16-18-20-22-24-26-28-30-32-40-46-53(55(3,52-44-38-35-39-45-52)50-51-42-36-34-37-43-51)54-56-47-49-57(54)48-41-33-31-29-27-25-23-21-19-17-15-13-11-9-7-5-2/h34-39,42-45,47,49,53H,4-33,40-41,46,48,50H2,1-3H3. The molecule has 2 atom stereocenters. The molecule has 0 amide bonds. The lowest BCUT2D eigenvalue weighted by Crippen LogP contribution is -2.35. The quantitative estimate of drug-likeness (QED) is 0.0527. The van der Waals surface area contributed by atoms with Gasteiger partial charge in [0, 0.05) is 30.3 Å². The van der Waals surface area contributed by atoms with Gasteiger partial charge in [-0.25, -0.2) is 4.98 Å². The molecule has 0 N–H and O–H groups in total. The van der Waals surface area contributed by atoms with Crippen LogP contribution in [0.15, 0.2) is 73.1 Å². The summed E-state index contributed by atoms with van der Waals surface area (Å²) in [6, 6.07) is 22.7. The van der Waals surface area contributed by atoms with Gasteiger partial charge in [-0.2, -0.15) is 0 Å². The van der Waals surface area contributed by atoms with Crippen molar-refractivity contribution in [1.29, 1.82) is 0 Å².